The molecule has 1 heterocycles. The van der Waals surface area contributed by atoms with E-state index in [1.807, 2.05) is 26.0 Å². The van der Waals surface area contributed by atoms with Gasteiger partial charge in [0.05, 0.1) is 25.9 Å². The predicted molar refractivity (Wildman–Crippen MR) is 118 cm³/mol. The van der Waals surface area contributed by atoms with Gasteiger partial charge in [0.15, 0.2) is 0 Å². The normalized spacial score (nSPS) is 28.5. The number of hydrogen-bond acceptors (Lipinski definition) is 6. The lowest BCUT2D eigenvalue weighted by Crippen LogP contribution is -2.46. The molecule has 0 bridgehead atoms. The second kappa shape index (κ2) is 9.33. The molecule has 0 aromatic heterocycles. The van der Waals surface area contributed by atoms with E-state index >= 15 is 0 Å². The summed E-state index contributed by atoms with van der Waals surface area (Å²) >= 11 is 6.05. The summed E-state index contributed by atoms with van der Waals surface area (Å²) in [6, 6.07) is 7.34. The van der Waals surface area contributed by atoms with Crippen LogP contribution in [0.4, 0.5) is 0 Å². The molecule has 1 aliphatic carbocycles. The average Bonchev–Trinajstić information content (AvgIpc) is 3.15. The Labute approximate surface area is 184 Å². The van der Waals surface area contributed by atoms with Gasteiger partial charge in [-0.05, 0) is 44.4 Å². The van der Waals surface area contributed by atoms with E-state index in [0.29, 0.717) is 17.9 Å². The van der Waals surface area contributed by atoms with Crippen molar-refractivity contribution >= 4 is 26.9 Å². The van der Waals surface area contributed by atoms with E-state index in [9.17, 15) is 9.13 Å². The molecule has 1 aromatic rings. The molecule has 1 N–H and O–H groups in total. The maximum atomic E-state index is 14.2. The maximum Gasteiger partial charge on any atom is 0.406 e. The molecule has 170 valence electrons. The van der Waals surface area contributed by atoms with Crippen LogP contribution in [-0.2, 0) is 27.2 Å². The summed E-state index contributed by atoms with van der Waals surface area (Å²) in [7, 11) is -7.40. The lowest BCUT2D eigenvalue weighted by molar-refractivity contribution is -0.0348. The third kappa shape index (κ3) is 4.89. The first-order valence-corrected chi connectivity index (χ1v) is 13.9. The standard InChI is InChI=1S/C20H32ClNO6P2/c1-5-25-30(24,26-6-2)22-20(13-7-8-14-20)29(23)27-15-19(3,4)18(28-29)16-9-11-17(21)12-10-16/h9-12,18H,5-8,13-15H2,1-4H3,(H,22,24). The number of halogens is 1. The third-order valence-electron chi connectivity index (χ3n) is 5.63. The van der Waals surface area contributed by atoms with E-state index in [-0.39, 0.29) is 19.8 Å². The van der Waals surface area contributed by atoms with E-state index < -0.39 is 32.1 Å². The Hall–Kier alpha value is -0.230. The van der Waals surface area contributed by atoms with Crippen LogP contribution in [0.1, 0.15) is 65.0 Å². The van der Waals surface area contributed by atoms with E-state index in [1.54, 1.807) is 26.0 Å². The Bertz CT molecular complexity index is 815. The number of hydrogen-bond donors (Lipinski definition) is 1. The van der Waals surface area contributed by atoms with Gasteiger partial charge in [-0.2, -0.15) is 0 Å². The Morgan fingerprint density at radius 2 is 1.73 bits per heavy atom. The molecule has 1 aromatic carbocycles. The van der Waals surface area contributed by atoms with Crippen molar-refractivity contribution < 1.29 is 27.2 Å². The summed E-state index contributed by atoms with van der Waals surface area (Å²) in [6.07, 6.45) is 2.17. The van der Waals surface area contributed by atoms with Crippen molar-refractivity contribution in [3.63, 3.8) is 0 Å². The molecule has 0 radical (unpaired) electrons. The molecule has 2 aliphatic rings. The quantitative estimate of drug-likeness (QED) is 0.416. The molecule has 1 saturated carbocycles. The smallest absolute Gasteiger partial charge is 0.307 e. The van der Waals surface area contributed by atoms with Crippen molar-refractivity contribution in [3.05, 3.63) is 34.9 Å². The van der Waals surface area contributed by atoms with Crippen molar-refractivity contribution in [3.8, 4) is 0 Å². The summed E-state index contributed by atoms with van der Waals surface area (Å²) in [5.74, 6) is 0. The molecule has 10 heteroatoms. The zero-order chi connectivity index (χ0) is 22.0. The van der Waals surface area contributed by atoms with Gasteiger partial charge in [0, 0.05) is 10.4 Å². The molecule has 0 amide bonds. The Balaban J connectivity index is 1.96. The van der Waals surface area contributed by atoms with Crippen LogP contribution < -0.4 is 5.09 Å². The van der Waals surface area contributed by atoms with Gasteiger partial charge >= 0.3 is 15.3 Å². The van der Waals surface area contributed by atoms with Crippen LogP contribution >= 0.6 is 26.9 Å². The maximum absolute atomic E-state index is 14.2. The SMILES string of the molecule is CCOP(=O)(NC1(P2(=O)OCC(C)(C)C(c3ccc(Cl)cc3)O2)CCCC1)OCC. The summed E-state index contributed by atoms with van der Waals surface area (Å²) in [5.41, 5.74) is 0.462. The van der Waals surface area contributed by atoms with E-state index in [4.69, 9.17) is 29.7 Å². The summed E-state index contributed by atoms with van der Waals surface area (Å²) in [6.45, 7) is 8.15. The van der Waals surface area contributed by atoms with Crippen molar-refractivity contribution in [1.29, 1.82) is 0 Å². The van der Waals surface area contributed by atoms with Crippen molar-refractivity contribution in [2.24, 2.45) is 5.41 Å². The minimum Gasteiger partial charge on any atom is -0.307 e. The van der Waals surface area contributed by atoms with Gasteiger partial charge in [0.1, 0.15) is 5.28 Å². The topological polar surface area (TPSA) is 83.1 Å². The second-order valence-electron chi connectivity index (χ2n) is 8.48. The first-order chi connectivity index (χ1) is 14.1. The Kier molecular flexibility index (Phi) is 7.59. The van der Waals surface area contributed by atoms with Crippen molar-refractivity contribution in [2.45, 2.75) is 64.8 Å². The first kappa shape index (κ1) is 24.4. The van der Waals surface area contributed by atoms with E-state index in [1.165, 1.54) is 0 Å². The van der Waals surface area contributed by atoms with Crippen LogP contribution in [-0.4, -0.2) is 25.1 Å². The molecule has 2 atom stereocenters. The number of nitrogens with one attached hydrogen (secondary N) is 1. The van der Waals surface area contributed by atoms with Gasteiger partial charge in [-0.15, -0.1) is 0 Å². The fourth-order valence-corrected chi connectivity index (χ4v) is 9.28. The molecular weight excluding hydrogens is 448 g/mol. The molecular formula is C20H32ClNO6P2. The molecule has 3 rings (SSSR count). The highest BCUT2D eigenvalue weighted by Gasteiger charge is 2.60. The molecule has 2 fully saturated rings. The third-order valence-corrected chi connectivity index (χ3v) is 10.5. The van der Waals surface area contributed by atoms with Gasteiger partial charge in [0.25, 0.3) is 0 Å². The zero-order valence-electron chi connectivity index (χ0n) is 18.1. The van der Waals surface area contributed by atoms with Gasteiger partial charge in [-0.25, -0.2) is 9.65 Å². The Morgan fingerprint density at radius 1 is 1.17 bits per heavy atom. The molecule has 2 unspecified atom stereocenters. The minimum absolute atomic E-state index is 0.201. The van der Waals surface area contributed by atoms with Crippen molar-refractivity contribution in [2.75, 3.05) is 19.8 Å². The zero-order valence-corrected chi connectivity index (χ0v) is 20.6. The molecule has 30 heavy (non-hydrogen) atoms. The first-order valence-electron chi connectivity index (χ1n) is 10.5. The fraction of sp³-hybridized carbons (Fsp3) is 0.700. The van der Waals surface area contributed by atoms with Gasteiger partial charge in [0.2, 0.25) is 0 Å². The molecule has 1 aliphatic heterocycles. The monoisotopic (exact) mass is 479 g/mol. The van der Waals surface area contributed by atoms with E-state index in [2.05, 4.69) is 5.09 Å². The average molecular weight is 480 g/mol. The minimum atomic E-state index is -3.73. The molecule has 7 nitrogen and oxygen atoms in total. The van der Waals surface area contributed by atoms with Gasteiger partial charge in [-0.1, -0.05) is 50.4 Å². The number of benzene rings is 1. The molecule has 0 spiro atoms. The van der Waals surface area contributed by atoms with Crippen LogP contribution in [0.3, 0.4) is 0 Å². The number of rotatable bonds is 8. The van der Waals surface area contributed by atoms with Gasteiger partial charge < -0.3 is 4.52 Å². The van der Waals surface area contributed by atoms with Crippen LogP contribution in [0.15, 0.2) is 24.3 Å². The largest absolute Gasteiger partial charge is 0.406 e. The summed E-state index contributed by atoms with van der Waals surface area (Å²) in [4.78, 5) is 0. The lowest BCUT2D eigenvalue weighted by Gasteiger charge is -2.47. The summed E-state index contributed by atoms with van der Waals surface area (Å²) < 4.78 is 50.6. The predicted octanol–water partition coefficient (Wildman–Crippen LogP) is 6.69. The van der Waals surface area contributed by atoms with Crippen LogP contribution in [0.2, 0.25) is 5.02 Å². The van der Waals surface area contributed by atoms with Crippen molar-refractivity contribution in [1.82, 2.24) is 5.09 Å². The van der Waals surface area contributed by atoms with Gasteiger partial charge in [-0.3, -0.25) is 18.1 Å². The van der Waals surface area contributed by atoms with E-state index in [0.717, 1.165) is 18.4 Å². The fourth-order valence-electron chi connectivity index (χ4n) is 4.12. The van der Waals surface area contributed by atoms with Crippen LogP contribution in [0.5, 0.6) is 0 Å². The van der Waals surface area contributed by atoms with Crippen LogP contribution in [0, 0.1) is 5.41 Å². The second-order valence-corrected chi connectivity index (χ2v) is 13.0. The molecule has 1 saturated heterocycles. The van der Waals surface area contributed by atoms with Crippen LogP contribution in [0.25, 0.3) is 0 Å². The Morgan fingerprint density at radius 3 is 2.27 bits per heavy atom. The highest BCUT2D eigenvalue weighted by molar-refractivity contribution is 7.58. The summed E-state index contributed by atoms with van der Waals surface area (Å²) in [5, 5.41) is 2.51. The highest BCUT2D eigenvalue weighted by Crippen LogP contribution is 2.72. The highest BCUT2D eigenvalue weighted by atomic mass is 35.5. The lowest BCUT2D eigenvalue weighted by atomic mass is 9.83.